The molecule has 1 unspecified atom stereocenters. The summed E-state index contributed by atoms with van der Waals surface area (Å²) in [7, 11) is 0. The average molecular weight is 254 g/mol. The van der Waals surface area contributed by atoms with E-state index in [1.54, 1.807) is 0 Å². The summed E-state index contributed by atoms with van der Waals surface area (Å²) in [6.45, 7) is 4.39. The van der Waals surface area contributed by atoms with E-state index in [9.17, 15) is 9.90 Å². The zero-order chi connectivity index (χ0) is 13.0. The molecule has 4 nitrogen and oxygen atoms in total. The Balaban J connectivity index is 1.68. The standard InChI is InChI=1S/C14H26N2O2/c1-14(18)7-10-16(11-8-14)13(17)6-5-12-4-2-3-9-15-12/h12,15,18H,2-11H2,1H3. The lowest BCUT2D eigenvalue weighted by atomic mass is 9.93. The zero-order valence-electron chi connectivity index (χ0n) is 11.5. The minimum atomic E-state index is -0.568. The first-order chi connectivity index (χ1) is 8.57. The van der Waals surface area contributed by atoms with E-state index < -0.39 is 5.60 Å². The largest absolute Gasteiger partial charge is 0.390 e. The smallest absolute Gasteiger partial charge is 0.222 e. The van der Waals surface area contributed by atoms with Crippen molar-refractivity contribution in [2.24, 2.45) is 0 Å². The molecule has 0 aromatic rings. The van der Waals surface area contributed by atoms with Gasteiger partial charge >= 0.3 is 0 Å². The Labute approximate surface area is 110 Å². The fraction of sp³-hybridized carbons (Fsp3) is 0.929. The molecule has 18 heavy (non-hydrogen) atoms. The summed E-state index contributed by atoms with van der Waals surface area (Å²) in [6.07, 6.45) is 6.80. The van der Waals surface area contributed by atoms with Crippen LogP contribution in [0.15, 0.2) is 0 Å². The third-order valence-corrected chi connectivity index (χ3v) is 4.31. The first-order valence-electron chi connectivity index (χ1n) is 7.30. The van der Waals surface area contributed by atoms with Gasteiger partial charge in [0.1, 0.15) is 0 Å². The Morgan fingerprint density at radius 3 is 2.72 bits per heavy atom. The highest BCUT2D eigenvalue weighted by Gasteiger charge is 2.29. The monoisotopic (exact) mass is 254 g/mol. The van der Waals surface area contributed by atoms with Crippen LogP contribution < -0.4 is 5.32 Å². The van der Waals surface area contributed by atoms with E-state index in [0.29, 0.717) is 38.4 Å². The topological polar surface area (TPSA) is 52.6 Å². The van der Waals surface area contributed by atoms with Gasteiger partial charge in [-0.1, -0.05) is 6.42 Å². The second-order valence-electron chi connectivity index (χ2n) is 6.06. The summed E-state index contributed by atoms with van der Waals surface area (Å²) >= 11 is 0. The molecule has 2 fully saturated rings. The molecule has 0 aromatic heterocycles. The molecule has 2 rings (SSSR count). The van der Waals surface area contributed by atoms with Crippen LogP contribution in [0.3, 0.4) is 0 Å². The quantitative estimate of drug-likeness (QED) is 0.798. The van der Waals surface area contributed by atoms with Gasteiger partial charge in [-0.2, -0.15) is 0 Å². The molecule has 1 atom stereocenters. The van der Waals surface area contributed by atoms with Crippen LogP contribution in [0.5, 0.6) is 0 Å². The van der Waals surface area contributed by atoms with Gasteiger partial charge in [0.05, 0.1) is 5.60 Å². The lowest BCUT2D eigenvalue weighted by Crippen LogP contribution is -2.45. The molecule has 2 N–H and O–H groups in total. The highest BCUT2D eigenvalue weighted by molar-refractivity contribution is 5.76. The van der Waals surface area contributed by atoms with Crippen molar-refractivity contribution in [2.45, 2.75) is 63.5 Å². The van der Waals surface area contributed by atoms with E-state index in [4.69, 9.17) is 0 Å². The number of nitrogens with one attached hydrogen (secondary N) is 1. The summed E-state index contributed by atoms with van der Waals surface area (Å²) in [5.41, 5.74) is -0.568. The SMILES string of the molecule is CC1(O)CCN(C(=O)CCC2CCCCN2)CC1. The lowest BCUT2D eigenvalue weighted by Gasteiger charge is -2.36. The van der Waals surface area contributed by atoms with Gasteiger partial charge in [-0.3, -0.25) is 4.79 Å². The number of rotatable bonds is 3. The van der Waals surface area contributed by atoms with Gasteiger partial charge in [0.25, 0.3) is 0 Å². The molecule has 0 aliphatic carbocycles. The number of piperidine rings is 2. The van der Waals surface area contributed by atoms with Crippen molar-refractivity contribution in [3.05, 3.63) is 0 Å². The van der Waals surface area contributed by atoms with Crippen molar-refractivity contribution in [1.29, 1.82) is 0 Å². The van der Waals surface area contributed by atoms with Gasteiger partial charge < -0.3 is 15.3 Å². The lowest BCUT2D eigenvalue weighted by molar-refractivity contribution is -0.135. The molecule has 104 valence electrons. The van der Waals surface area contributed by atoms with Crippen molar-refractivity contribution < 1.29 is 9.90 Å². The molecule has 0 radical (unpaired) electrons. The number of hydrogen-bond acceptors (Lipinski definition) is 3. The third-order valence-electron chi connectivity index (χ3n) is 4.31. The predicted molar refractivity (Wildman–Crippen MR) is 71.3 cm³/mol. The van der Waals surface area contributed by atoms with Crippen molar-refractivity contribution >= 4 is 5.91 Å². The Bertz CT molecular complexity index is 276. The van der Waals surface area contributed by atoms with E-state index in [-0.39, 0.29) is 5.91 Å². The number of aliphatic hydroxyl groups is 1. The van der Waals surface area contributed by atoms with Crippen molar-refractivity contribution in [2.75, 3.05) is 19.6 Å². The molecule has 0 saturated carbocycles. The van der Waals surface area contributed by atoms with Crippen LogP contribution in [0, 0.1) is 0 Å². The molecule has 2 saturated heterocycles. The first kappa shape index (κ1) is 13.8. The molecule has 2 aliphatic rings. The van der Waals surface area contributed by atoms with Crippen LogP contribution in [-0.2, 0) is 4.79 Å². The van der Waals surface area contributed by atoms with Crippen molar-refractivity contribution in [1.82, 2.24) is 10.2 Å². The van der Waals surface area contributed by atoms with Crippen LogP contribution in [0.2, 0.25) is 0 Å². The summed E-state index contributed by atoms with van der Waals surface area (Å²) < 4.78 is 0. The number of amides is 1. The highest BCUT2D eigenvalue weighted by atomic mass is 16.3. The Hall–Kier alpha value is -0.610. The minimum Gasteiger partial charge on any atom is -0.390 e. The summed E-state index contributed by atoms with van der Waals surface area (Å²) in [5.74, 6) is 0.262. The third kappa shape index (κ3) is 3.95. The van der Waals surface area contributed by atoms with E-state index in [1.807, 2.05) is 11.8 Å². The summed E-state index contributed by atoms with van der Waals surface area (Å²) in [6, 6.07) is 0.538. The Morgan fingerprint density at radius 1 is 1.39 bits per heavy atom. The van der Waals surface area contributed by atoms with Gasteiger partial charge in [-0.05, 0) is 45.6 Å². The highest BCUT2D eigenvalue weighted by Crippen LogP contribution is 2.22. The zero-order valence-corrected chi connectivity index (χ0v) is 11.5. The van der Waals surface area contributed by atoms with Gasteiger partial charge in [0, 0.05) is 25.6 Å². The van der Waals surface area contributed by atoms with Gasteiger partial charge in [0.2, 0.25) is 5.91 Å². The fourth-order valence-electron chi connectivity index (χ4n) is 2.86. The number of hydrogen-bond donors (Lipinski definition) is 2. The van der Waals surface area contributed by atoms with Crippen LogP contribution >= 0.6 is 0 Å². The molecular formula is C14H26N2O2. The van der Waals surface area contributed by atoms with Crippen molar-refractivity contribution in [3.8, 4) is 0 Å². The minimum absolute atomic E-state index is 0.262. The summed E-state index contributed by atoms with van der Waals surface area (Å²) in [5, 5.41) is 13.3. The maximum Gasteiger partial charge on any atom is 0.222 e. The molecule has 2 heterocycles. The average Bonchev–Trinajstić information content (AvgIpc) is 2.37. The van der Waals surface area contributed by atoms with E-state index >= 15 is 0 Å². The van der Waals surface area contributed by atoms with Gasteiger partial charge in [-0.25, -0.2) is 0 Å². The molecule has 0 bridgehead atoms. The van der Waals surface area contributed by atoms with Crippen molar-refractivity contribution in [3.63, 3.8) is 0 Å². The summed E-state index contributed by atoms with van der Waals surface area (Å²) in [4.78, 5) is 14.0. The number of carbonyl (C=O) groups excluding carboxylic acids is 1. The number of likely N-dealkylation sites (tertiary alicyclic amines) is 1. The molecule has 2 aliphatic heterocycles. The van der Waals surface area contributed by atoms with Crippen LogP contribution in [0.4, 0.5) is 0 Å². The number of nitrogens with zero attached hydrogens (tertiary/aromatic N) is 1. The molecule has 4 heteroatoms. The maximum atomic E-state index is 12.1. The Kier molecular flexibility index (Phi) is 4.62. The first-order valence-corrected chi connectivity index (χ1v) is 7.30. The second-order valence-corrected chi connectivity index (χ2v) is 6.06. The molecule has 0 aromatic carbocycles. The Morgan fingerprint density at radius 2 is 2.11 bits per heavy atom. The van der Waals surface area contributed by atoms with Crippen LogP contribution in [-0.4, -0.2) is 47.2 Å². The molecule has 0 spiro atoms. The van der Waals surface area contributed by atoms with Gasteiger partial charge in [-0.15, -0.1) is 0 Å². The van der Waals surface area contributed by atoms with Crippen LogP contribution in [0.1, 0.15) is 51.9 Å². The molecule has 1 amide bonds. The maximum absolute atomic E-state index is 12.1. The second kappa shape index (κ2) is 6.02. The predicted octanol–water partition coefficient (Wildman–Crippen LogP) is 1.28. The normalized spacial score (nSPS) is 28.1. The number of carbonyl (C=O) groups is 1. The fourth-order valence-corrected chi connectivity index (χ4v) is 2.86. The van der Waals surface area contributed by atoms with E-state index in [1.165, 1.54) is 19.3 Å². The van der Waals surface area contributed by atoms with E-state index in [2.05, 4.69) is 5.32 Å². The van der Waals surface area contributed by atoms with Crippen LogP contribution in [0.25, 0.3) is 0 Å². The van der Waals surface area contributed by atoms with E-state index in [0.717, 1.165) is 13.0 Å². The molecular weight excluding hydrogens is 228 g/mol. The van der Waals surface area contributed by atoms with Gasteiger partial charge in [0.15, 0.2) is 0 Å².